The van der Waals surface area contributed by atoms with Gasteiger partial charge >= 0.3 is 0 Å². The van der Waals surface area contributed by atoms with Crippen molar-refractivity contribution in [2.24, 2.45) is 5.92 Å². The fourth-order valence-electron chi connectivity index (χ4n) is 4.08. The Morgan fingerprint density at radius 2 is 2.06 bits per heavy atom. The van der Waals surface area contributed by atoms with Crippen molar-refractivity contribution in [2.45, 2.75) is 45.4 Å². The molecule has 4 aromatic heterocycles. The van der Waals surface area contributed by atoms with E-state index in [0.717, 1.165) is 39.7 Å². The molecule has 5 rings (SSSR count). The highest BCUT2D eigenvalue weighted by atomic mass is 19.1. The number of pyridine rings is 3. The van der Waals surface area contributed by atoms with E-state index in [2.05, 4.69) is 20.3 Å². The molecule has 1 saturated carbocycles. The van der Waals surface area contributed by atoms with Crippen molar-refractivity contribution in [1.29, 1.82) is 0 Å². The number of aliphatic hydroxyl groups excluding tert-OH is 1. The van der Waals surface area contributed by atoms with Gasteiger partial charge in [0.2, 0.25) is 5.91 Å². The topological polar surface area (TPSA) is 92.4 Å². The molecule has 0 aromatic carbocycles. The van der Waals surface area contributed by atoms with Crippen LogP contribution in [0.4, 0.5) is 10.2 Å². The molecule has 0 spiro atoms. The maximum absolute atomic E-state index is 13.2. The number of imidazole rings is 1. The van der Waals surface area contributed by atoms with Gasteiger partial charge in [0.05, 0.1) is 23.2 Å². The molecule has 1 amide bonds. The molecule has 3 atom stereocenters. The van der Waals surface area contributed by atoms with E-state index < -0.39 is 18.2 Å². The molecule has 1 aliphatic carbocycles. The van der Waals surface area contributed by atoms with Crippen LogP contribution in [-0.2, 0) is 4.79 Å². The zero-order valence-corrected chi connectivity index (χ0v) is 17.9. The van der Waals surface area contributed by atoms with Crippen LogP contribution >= 0.6 is 0 Å². The first-order valence-electron chi connectivity index (χ1n) is 10.8. The third kappa shape index (κ3) is 3.60. The van der Waals surface area contributed by atoms with E-state index in [0.29, 0.717) is 17.9 Å². The minimum atomic E-state index is -1.05. The second-order valence-electron chi connectivity index (χ2n) is 8.38. The van der Waals surface area contributed by atoms with Crippen LogP contribution in [0.25, 0.3) is 27.7 Å². The number of anilines is 1. The number of amides is 1. The average molecular weight is 433 g/mol. The van der Waals surface area contributed by atoms with Crippen LogP contribution in [0, 0.1) is 12.8 Å². The van der Waals surface area contributed by atoms with Crippen LogP contribution in [0.5, 0.6) is 0 Å². The molecular weight excluding hydrogens is 409 g/mol. The Hall–Kier alpha value is -3.39. The van der Waals surface area contributed by atoms with Crippen LogP contribution in [0.1, 0.15) is 43.5 Å². The van der Waals surface area contributed by atoms with Gasteiger partial charge in [0.15, 0.2) is 0 Å². The molecule has 0 radical (unpaired) electrons. The van der Waals surface area contributed by atoms with E-state index in [1.165, 1.54) is 0 Å². The van der Waals surface area contributed by atoms with Gasteiger partial charge in [-0.1, -0.05) is 13.3 Å². The zero-order valence-electron chi connectivity index (χ0n) is 17.9. The van der Waals surface area contributed by atoms with Crippen molar-refractivity contribution < 1.29 is 14.3 Å². The van der Waals surface area contributed by atoms with Gasteiger partial charge in [-0.25, -0.2) is 14.4 Å². The molecule has 0 bridgehead atoms. The molecule has 8 heteroatoms. The third-order valence-electron chi connectivity index (χ3n) is 5.98. The van der Waals surface area contributed by atoms with Gasteiger partial charge in [-0.15, -0.1) is 0 Å². The van der Waals surface area contributed by atoms with Crippen LogP contribution < -0.4 is 5.32 Å². The summed E-state index contributed by atoms with van der Waals surface area (Å²) in [6, 6.07) is 5.70. The number of alkyl halides is 1. The summed E-state index contributed by atoms with van der Waals surface area (Å²) >= 11 is 0. The van der Waals surface area contributed by atoms with E-state index in [1.807, 2.05) is 36.6 Å². The monoisotopic (exact) mass is 433 g/mol. The maximum atomic E-state index is 13.2. The summed E-state index contributed by atoms with van der Waals surface area (Å²) in [4.78, 5) is 25.5. The average Bonchev–Trinajstić information content (AvgIpc) is 3.30. The predicted molar refractivity (Wildman–Crippen MR) is 120 cm³/mol. The predicted octanol–water partition coefficient (Wildman–Crippen LogP) is 4.38. The first-order chi connectivity index (χ1) is 15.5. The lowest BCUT2D eigenvalue weighted by Gasteiger charge is -2.14. The Bertz CT molecular complexity index is 1330. The summed E-state index contributed by atoms with van der Waals surface area (Å²) in [5.74, 6) is -0.524. The SMILES string of the molecule is CCCC(O)c1cc(C)c(-c2cc3cnc(NC(=O)[C@H]4C[C@H]4F)cc3n3ccnc23)cn1. The number of aryl methyl sites for hydroxylation is 1. The number of halogens is 1. The van der Waals surface area contributed by atoms with Crippen LogP contribution in [-0.4, -0.2) is 36.5 Å². The standard InChI is InChI=1S/C24H24FN5O2/c1-3-4-21(31)19-7-13(2)17(12-27-19)15-8-14-11-28-22(29-24(32)16-9-18(16)25)10-20(14)30-6-5-26-23(15)30/h5-8,10-12,16,18,21,31H,3-4,9H2,1-2H3,(H,28,29,32)/t16-,18+,21?/m0/s1. The number of carbonyl (C=O) groups is 1. The highest BCUT2D eigenvalue weighted by Crippen LogP contribution is 2.35. The highest BCUT2D eigenvalue weighted by molar-refractivity contribution is 5.97. The molecular formula is C24H24FN5O2. The summed E-state index contributed by atoms with van der Waals surface area (Å²) < 4.78 is 15.1. The van der Waals surface area contributed by atoms with Crippen molar-refractivity contribution in [1.82, 2.24) is 19.4 Å². The molecule has 1 fully saturated rings. The second-order valence-corrected chi connectivity index (χ2v) is 8.38. The van der Waals surface area contributed by atoms with Crippen molar-refractivity contribution >= 4 is 28.3 Å². The summed E-state index contributed by atoms with van der Waals surface area (Å²) in [6.45, 7) is 4.03. The number of hydrogen-bond acceptors (Lipinski definition) is 5. The molecule has 32 heavy (non-hydrogen) atoms. The van der Waals surface area contributed by atoms with Crippen molar-refractivity contribution in [3.8, 4) is 11.1 Å². The van der Waals surface area contributed by atoms with E-state index in [1.54, 1.807) is 24.7 Å². The number of nitrogens with one attached hydrogen (secondary N) is 1. The quantitative estimate of drug-likeness (QED) is 0.471. The number of nitrogens with zero attached hydrogens (tertiary/aromatic N) is 4. The van der Waals surface area contributed by atoms with E-state index in [9.17, 15) is 14.3 Å². The second kappa shape index (κ2) is 7.94. The maximum Gasteiger partial charge on any atom is 0.231 e. The summed E-state index contributed by atoms with van der Waals surface area (Å²) in [5, 5.41) is 13.9. The Morgan fingerprint density at radius 3 is 2.78 bits per heavy atom. The molecule has 1 unspecified atom stereocenters. The lowest BCUT2D eigenvalue weighted by molar-refractivity contribution is -0.117. The van der Waals surface area contributed by atoms with Crippen LogP contribution in [0.2, 0.25) is 0 Å². The molecule has 0 saturated heterocycles. The van der Waals surface area contributed by atoms with Gasteiger partial charge in [0.1, 0.15) is 17.6 Å². The van der Waals surface area contributed by atoms with Crippen molar-refractivity contribution in [3.05, 3.63) is 54.2 Å². The number of hydrogen-bond donors (Lipinski definition) is 2. The van der Waals surface area contributed by atoms with E-state index in [-0.39, 0.29) is 12.3 Å². The Labute approximate surface area is 184 Å². The number of aliphatic hydroxyl groups is 1. The minimum absolute atomic E-state index is 0.274. The largest absolute Gasteiger partial charge is 0.387 e. The first-order valence-corrected chi connectivity index (χ1v) is 10.8. The normalized spacial score (nSPS) is 18.8. The van der Waals surface area contributed by atoms with Gasteiger partial charge in [0, 0.05) is 47.4 Å². The number of carbonyl (C=O) groups excluding carboxylic acids is 1. The van der Waals surface area contributed by atoms with Gasteiger partial charge in [-0.05, 0) is 37.5 Å². The molecule has 2 N–H and O–H groups in total. The summed E-state index contributed by atoms with van der Waals surface area (Å²) in [5.41, 5.74) is 5.08. The first kappa shape index (κ1) is 20.5. The fraction of sp³-hybridized carbons (Fsp3) is 0.333. The summed E-state index contributed by atoms with van der Waals surface area (Å²) in [6.07, 6.45) is 7.25. The van der Waals surface area contributed by atoms with Gasteiger partial charge in [0.25, 0.3) is 0 Å². The zero-order chi connectivity index (χ0) is 22.4. The Morgan fingerprint density at radius 1 is 1.25 bits per heavy atom. The molecule has 1 aliphatic rings. The summed E-state index contributed by atoms with van der Waals surface area (Å²) in [7, 11) is 0. The molecule has 0 aliphatic heterocycles. The van der Waals surface area contributed by atoms with Gasteiger partial charge < -0.3 is 10.4 Å². The van der Waals surface area contributed by atoms with Gasteiger partial charge in [-0.2, -0.15) is 0 Å². The Balaban J connectivity index is 1.55. The minimum Gasteiger partial charge on any atom is -0.387 e. The molecule has 4 heterocycles. The molecule has 7 nitrogen and oxygen atoms in total. The van der Waals surface area contributed by atoms with Crippen molar-refractivity contribution in [2.75, 3.05) is 5.32 Å². The molecule has 164 valence electrons. The van der Waals surface area contributed by atoms with Crippen molar-refractivity contribution in [3.63, 3.8) is 0 Å². The number of fused-ring (bicyclic) bond motifs is 3. The highest BCUT2D eigenvalue weighted by Gasteiger charge is 2.43. The fourth-order valence-corrected chi connectivity index (χ4v) is 4.08. The smallest absolute Gasteiger partial charge is 0.231 e. The lowest BCUT2D eigenvalue weighted by Crippen LogP contribution is -2.16. The number of aromatic nitrogens is 4. The van der Waals surface area contributed by atoms with Crippen LogP contribution in [0.3, 0.4) is 0 Å². The van der Waals surface area contributed by atoms with E-state index in [4.69, 9.17) is 0 Å². The third-order valence-corrected chi connectivity index (χ3v) is 5.98. The van der Waals surface area contributed by atoms with Gasteiger partial charge in [-0.3, -0.25) is 14.2 Å². The van der Waals surface area contributed by atoms with Crippen LogP contribution in [0.15, 0.2) is 43.0 Å². The Kier molecular flexibility index (Phi) is 5.09. The van der Waals surface area contributed by atoms with E-state index >= 15 is 0 Å². The molecule has 4 aromatic rings. The number of rotatable bonds is 6. The lowest BCUT2D eigenvalue weighted by atomic mass is 10.00.